The van der Waals surface area contributed by atoms with E-state index in [-0.39, 0.29) is 18.1 Å². The fourth-order valence-electron chi connectivity index (χ4n) is 1.67. The van der Waals surface area contributed by atoms with Crippen molar-refractivity contribution in [3.63, 3.8) is 0 Å². The van der Waals surface area contributed by atoms with Crippen LogP contribution in [0.1, 0.15) is 60.8 Å². The van der Waals surface area contributed by atoms with Crippen LogP contribution in [-0.2, 0) is 4.74 Å². The molecule has 186 valence electrons. The number of nitriles is 1. The van der Waals surface area contributed by atoms with Crippen LogP contribution < -0.4 is 0 Å². The van der Waals surface area contributed by atoms with E-state index < -0.39 is 6.29 Å². The molecule has 0 heterocycles. The van der Waals surface area contributed by atoms with E-state index in [1.54, 1.807) is 18.2 Å². The second kappa shape index (κ2) is 33.5. The Hall–Kier alpha value is -3.09. The summed E-state index contributed by atoms with van der Waals surface area (Å²) in [6, 6.07) is 1.97. The maximum absolute atomic E-state index is 9.95. The summed E-state index contributed by atoms with van der Waals surface area (Å²) in [6.45, 7) is 39.6. The molecule has 0 fully saturated rings. The molecule has 0 saturated carbocycles. The second-order valence-corrected chi connectivity index (χ2v) is 5.70. The number of nitrogens with zero attached hydrogens (tertiary/aromatic N) is 1. The van der Waals surface area contributed by atoms with Crippen molar-refractivity contribution in [2.75, 3.05) is 0 Å². The molecule has 0 aromatic carbocycles. The third-order valence-electron chi connectivity index (χ3n) is 3.52. The smallest absolute Gasteiger partial charge is 0.223 e. The van der Waals surface area contributed by atoms with E-state index >= 15 is 0 Å². The number of aliphatic hydroxyl groups is 1. The predicted octanol–water partition coefficient (Wildman–Crippen LogP) is 9.18. The van der Waals surface area contributed by atoms with Crippen LogP contribution in [0.5, 0.6) is 0 Å². The van der Waals surface area contributed by atoms with Crippen LogP contribution in [0, 0.1) is 17.2 Å². The minimum Gasteiger partial charge on any atom is -0.461 e. The van der Waals surface area contributed by atoms with Crippen LogP contribution in [0.25, 0.3) is 0 Å². The van der Waals surface area contributed by atoms with Crippen LogP contribution in [0.2, 0.25) is 0 Å². The SMILES string of the molecule is C=C.C=C.C=C(/C=C\CC(=C)C(C)/C=C\C(=C)C(O)OC(=C)/C=C\CC#N)CC.CC.CC. The molecule has 0 amide bonds. The van der Waals surface area contributed by atoms with Gasteiger partial charge in [-0.1, -0.05) is 109 Å². The van der Waals surface area contributed by atoms with Crippen molar-refractivity contribution in [1.29, 1.82) is 5.26 Å². The average molecular weight is 456 g/mol. The molecule has 0 aliphatic carbocycles. The summed E-state index contributed by atoms with van der Waals surface area (Å²) in [7, 11) is 0. The molecule has 0 saturated heterocycles. The van der Waals surface area contributed by atoms with E-state index in [0.717, 1.165) is 24.0 Å². The van der Waals surface area contributed by atoms with Gasteiger partial charge in [-0.15, -0.1) is 26.3 Å². The van der Waals surface area contributed by atoms with Crippen molar-refractivity contribution in [3.8, 4) is 6.07 Å². The largest absolute Gasteiger partial charge is 0.461 e. The van der Waals surface area contributed by atoms with E-state index in [4.69, 9.17) is 10.00 Å². The van der Waals surface area contributed by atoms with Crippen molar-refractivity contribution in [1.82, 2.24) is 0 Å². The Kier molecular flexibility index (Phi) is 41.0. The van der Waals surface area contributed by atoms with E-state index in [2.05, 4.69) is 65.6 Å². The highest BCUT2D eigenvalue weighted by Gasteiger charge is 2.08. The zero-order valence-electron chi connectivity index (χ0n) is 22.2. The molecule has 0 radical (unpaired) electrons. The Balaban J connectivity index is -0.000000292. The van der Waals surface area contributed by atoms with Gasteiger partial charge in [-0.25, -0.2) is 0 Å². The van der Waals surface area contributed by atoms with Crippen molar-refractivity contribution in [3.05, 3.63) is 112 Å². The summed E-state index contributed by atoms with van der Waals surface area (Å²) in [5.74, 6) is 0.415. The summed E-state index contributed by atoms with van der Waals surface area (Å²) in [5, 5.41) is 18.4. The number of ether oxygens (including phenoxy) is 1. The summed E-state index contributed by atoms with van der Waals surface area (Å²) in [6.07, 6.45) is 11.7. The molecule has 3 heteroatoms. The van der Waals surface area contributed by atoms with Crippen molar-refractivity contribution in [2.24, 2.45) is 5.92 Å². The molecule has 0 rings (SSSR count). The van der Waals surface area contributed by atoms with Gasteiger partial charge in [0, 0.05) is 5.57 Å². The molecule has 33 heavy (non-hydrogen) atoms. The standard InChI is InChI=1S/C22H29NO2.2C2H6.2C2H4/c1-7-17(2)11-10-12-18(3)19(4)14-15-20(5)22(24)25-21(6)13-8-9-16-23;4*1-2/h8,10-11,13-15,19,22,24H,2-3,5-7,9,12H2,1,4H3;2*1-2H3;2*1-2H2/b11-10-,13-8-,15-14-;;;;. The first kappa shape index (κ1) is 40.3. The first-order valence-corrected chi connectivity index (χ1v) is 11.3. The van der Waals surface area contributed by atoms with Crippen LogP contribution in [0.3, 0.4) is 0 Å². The zero-order chi connectivity index (χ0) is 27.2. The van der Waals surface area contributed by atoms with Crippen LogP contribution in [0.15, 0.2) is 112 Å². The van der Waals surface area contributed by atoms with Gasteiger partial charge >= 0.3 is 0 Å². The Morgan fingerprint density at radius 1 is 0.939 bits per heavy atom. The highest BCUT2D eigenvalue weighted by atomic mass is 16.6. The molecule has 0 aliphatic heterocycles. The van der Waals surface area contributed by atoms with Crippen LogP contribution in [0.4, 0.5) is 0 Å². The van der Waals surface area contributed by atoms with Gasteiger partial charge < -0.3 is 9.84 Å². The number of hydrogen-bond acceptors (Lipinski definition) is 3. The molecule has 0 aromatic rings. The molecule has 2 unspecified atom stereocenters. The maximum Gasteiger partial charge on any atom is 0.223 e. The number of allylic oxidation sites excluding steroid dienone is 7. The second-order valence-electron chi connectivity index (χ2n) is 5.70. The lowest BCUT2D eigenvalue weighted by atomic mass is 9.98. The van der Waals surface area contributed by atoms with Gasteiger partial charge in [0.05, 0.1) is 12.5 Å². The molecule has 0 aromatic heterocycles. The van der Waals surface area contributed by atoms with E-state index in [0.29, 0.717) is 5.57 Å². The lowest BCUT2D eigenvalue weighted by molar-refractivity contribution is -0.0274. The van der Waals surface area contributed by atoms with Crippen molar-refractivity contribution >= 4 is 0 Å². The molecule has 2 atom stereocenters. The minimum absolute atomic E-state index is 0.141. The Labute approximate surface area is 205 Å². The molecule has 3 nitrogen and oxygen atoms in total. The summed E-state index contributed by atoms with van der Waals surface area (Å²) in [5.41, 5.74) is 2.57. The van der Waals surface area contributed by atoms with Crippen molar-refractivity contribution < 1.29 is 9.84 Å². The molecule has 0 aliphatic rings. The minimum atomic E-state index is -1.18. The lowest BCUT2D eigenvalue weighted by Crippen LogP contribution is -2.12. The van der Waals surface area contributed by atoms with Gasteiger partial charge in [-0.2, -0.15) is 5.26 Å². The Bertz CT molecular complexity index is 643. The first-order chi connectivity index (χ1) is 15.8. The monoisotopic (exact) mass is 455 g/mol. The normalized spacial score (nSPS) is 11.0. The van der Waals surface area contributed by atoms with Gasteiger partial charge in [0.1, 0.15) is 5.76 Å². The first-order valence-electron chi connectivity index (χ1n) is 11.3. The average Bonchev–Trinajstić information content (AvgIpc) is 2.86. The highest BCUT2D eigenvalue weighted by Crippen LogP contribution is 2.17. The quantitative estimate of drug-likeness (QED) is 0.138. The van der Waals surface area contributed by atoms with Gasteiger partial charge in [0.15, 0.2) is 0 Å². The topological polar surface area (TPSA) is 53.2 Å². The van der Waals surface area contributed by atoms with E-state index in [1.807, 2.05) is 52.8 Å². The number of rotatable bonds is 12. The molecule has 0 bridgehead atoms. The number of aliphatic hydroxyl groups excluding tert-OH is 1. The third kappa shape index (κ3) is 28.9. The molecular formula is C30H49NO2. The van der Waals surface area contributed by atoms with Gasteiger partial charge in [-0.05, 0) is 24.8 Å². The van der Waals surface area contributed by atoms with E-state index in [9.17, 15) is 5.11 Å². The third-order valence-corrected chi connectivity index (χ3v) is 3.52. The molecule has 1 N–H and O–H groups in total. The van der Waals surface area contributed by atoms with Gasteiger partial charge in [0.25, 0.3) is 0 Å². The van der Waals surface area contributed by atoms with Gasteiger partial charge in [0.2, 0.25) is 6.29 Å². The number of hydrogen-bond donors (Lipinski definition) is 1. The maximum atomic E-state index is 9.95. The van der Waals surface area contributed by atoms with Crippen LogP contribution >= 0.6 is 0 Å². The summed E-state index contributed by atoms with van der Waals surface area (Å²) < 4.78 is 5.23. The van der Waals surface area contributed by atoms with E-state index in [1.165, 1.54) is 0 Å². The highest BCUT2D eigenvalue weighted by molar-refractivity contribution is 5.23. The molecule has 0 spiro atoms. The fraction of sp³-hybridized carbons (Fsp3) is 0.367. The Morgan fingerprint density at radius 2 is 1.45 bits per heavy atom. The van der Waals surface area contributed by atoms with Crippen LogP contribution in [-0.4, -0.2) is 11.4 Å². The van der Waals surface area contributed by atoms with Gasteiger partial charge in [-0.3, -0.25) is 0 Å². The summed E-state index contributed by atoms with van der Waals surface area (Å²) >= 11 is 0. The Morgan fingerprint density at radius 3 is 1.91 bits per heavy atom. The molecular weight excluding hydrogens is 406 g/mol. The fourth-order valence-corrected chi connectivity index (χ4v) is 1.67. The predicted molar refractivity (Wildman–Crippen MR) is 151 cm³/mol. The lowest BCUT2D eigenvalue weighted by Gasteiger charge is -2.14. The van der Waals surface area contributed by atoms with Crippen molar-refractivity contribution in [2.45, 2.75) is 67.1 Å². The summed E-state index contributed by atoms with van der Waals surface area (Å²) in [4.78, 5) is 0. The zero-order valence-corrected chi connectivity index (χ0v) is 22.2.